The van der Waals surface area contributed by atoms with E-state index in [0.717, 1.165) is 36.1 Å². The van der Waals surface area contributed by atoms with Gasteiger partial charge in [-0.1, -0.05) is 37.3 Å². The summed E-state index contributed by atoms with van der Waals surface area (Å²) in [7, 11) is 3.16. The molecule has 1 saturated carbocycles. The summed E-state index contributed by atoms with van der Waals surface area (Å²) in [5.41, 5.74) is 1.56. The first kappa shape index (κ1) is 23.5. The molecule has 0 N–H and O–H groups in total. The largest absolute Gasteiger partial charge is 0.465 e. The van der Waals surface area contributed by atoms with Crippen molar-refractivity contribution in [2.24, 2.45) is 11.8 Å². The summed E-state index contributed by atoms with van der Waals surface area (Å²) in [5.74, 6) is 0.156. The van der Waals surface area contributed by atoms with Crippen molar-refractivity contribution in [1.29, 1.82) is 0 Å². The lowest BCUT2D eigenvalue weighted by molar-refractivity contribution is -0.132. The minimum atomic E-state index is -0.452. The topological polar surface area (TPSA) is 66.9 Å². The number of esters is 1. The highest BCUT2D eigenvalue weighted by Crippen LogP contribution is 2.41. The molecule has 2 aromatic rings. The lowest BCUT2D eigenvalue weighted by atomic mass is 9.82. The van der Waals surface area contributed by atoms with Crippen LogP contribution in [0.4, 0.5) is 5.69 Å². The van der Waals surface area contributed by atoms with E-state index in [4.69, 9.17) is 4.74 Å². The van der Waals surface area contributed by atoms with Crippen molar-refractivity contribution >= 4 is 34.8 Å². The van der Waals surface area contributed by atoms with Gasteiger partial charge < -0.3 is 14.5 Å². The highest BCUT2D eigenvalue weighted by Gasteiger charge is 2.38. The second kappa shape index (κ2) is 10.1. The van der Waals surface area contributed by atoms with Gasteiger partial charge in [0.2, 0.25) is 11.8 Å². The summed E-state index contributed by atoms with van der Waals surface area (Å²) in [6, 6.07) is 11.5. The Morgan fingerprint density at radius 1 is 1.09 bits per heavy atom. The molecule has 0 radical (unpaired) electrons. The van der Waals surface area contributed by atoms with Crippen LogP contribution in [0.25, 0.3) is 10.4 Å². The predicted molar refractivity (Wildman–Crippen MR) is 130 cm³/mol. The van der Waals surface area contributed by atoms with Crippen molar-refractivity contribution in [2.45, 2.75) is 51.5 Å². The molecule has 1 aromatic heterocycles. The molecule has 1 aliphatic carbocycles. The number of carbonyl (C=O) groups is 3. The van der Waals surface area contributed by atoms with Crippen LogP contribution in [0.3, 0.4) is 0 Å². The Kier molecular flexibility index (Phi) is 7.17. The number of piperidine rings is 1. The number of carbonyl (C=O) groups excluding carboxylic acids is 3. The van der Waals surface area contributed by atoms with E-state index >= 15 is 0 Å². The normalized spacial score (nSPS) is 23.3. The number of anilines is 1. The molecule has 0 bridgehead atoms. The van der Waals surface area contributed by atoms with Gasteiger partial charge in [-0.3, -0.25) is 9.59 Å². The zero-order valence-electron chi connectivity index (χ0n) is 19.6. The van der Waals surface area contributed by atoms with Crippen LogP contribution in [0.15, 0.2) is 36.4 Å². The Hall–Kier alpha value is -2.67. The monoisotopic (exact) mass is 468 g/mol. The number of rotatable bonds is 5. The van der Waals surface area contributed by atoms with Crippen molar-refractivity contribution in [1.82, 2.24) is 4.90 Å². The van der Waals surface area contributed by atoms with Crippen LogP contribution in [0.1, 0.15) is 55.1 Å². The molecule has 0 spiro atoms. The summed E-state index contributed by atoms with van der Waals surface area (Å²) in [6.07, 6.45) is 4.70. The van der Waals surface area contributed by atoms with Crippen molar-refractivity contribution in [3.63, 3.8) is 0 Å². The quantitative estimate of drug-likeness (QED) is 0.581. The lowest BCUT2D eigenvalue weighted by Crippen LogP contribution is -2.51. The molecule has 1 saturated heterocycles. The average molecular weight is 469 g/mol. The van der Waals surface area contributed by atoms with Gasteiger partial charge in [-0.2, -0.15) is 0 Å². The molecule has 33 heavy (non-hydrogen) atoms. The van der Waals surface area contributed by atoms with Crippen molar-refractivity contribution < 1.29 is 19.1 Å². The Balaban J connectivity index is 1.77. The van der Waals surface area contributed by atoms with Crippen molar-refractivity contribution in [3.8, 4) is 10.4 Å². The third-order valence-electron chi connectivity index (χ3n) is 7.00. The van der Waals surface area contributed by atoms with Gasteiger partial charge in [0.05, 0.1) is 12.8 Å². The van der Waals surface area contributed by atoms with Gasteiger partial charge in [0, 0.05) is 36.9 Å². The number of likely N-dealkylation sites (tertiary alicyclic amines) is 1. The van der Waals surface area contributed by atoms with E-state index in [1.54, 1.807) is 16.8 Å². The smallest absolute Gasteiger partial charge is 0.350 e. The Morgan fingerprint density at radius 2 is 1.79 bits per heavy atom. The molecule has 2 heterocycles. The van der Waals surface area contributed by atoms with E-state index in [9.17, 15) is 14.4 Å². The molecular weight excluding hydrogens is 436 g/mol. The van der Waals surface area contributed by atoms with Crippen LogP contribution in [0.2, 0.25) is 0 Å². The summed E-state index contributed by atoms with van der Waals surface area (Å²) in [6.45, 7) is 2.83. The standard InChI is InChI=1S/C26H32N2O4S/c1-17-9-11-19(12-10-17)25(30)28(20-13-14-27(2)23(29)15-20)21-16-22(18-7-5-4-6-8-18)33-24(21)26(31)32-3/h4-8,16-17,19-20H,9-15H2,1-3H3. The fraction of sp³-hybridized carbons (Fsp3) is 0.500. The zero-order valence-corrected chi connectivity index (χ0v) is 20.4. The van der Waals surface area contributed by atoms with Gasteiger partial charge in [0.25, 0.3) is 0 Å². The van der Waals surface area contributed by atoms with Gasteiger partial charge in [0.1, 0.15) is 4.88 Å². The van der Waals surface area contributed by atoms with E-state index in [2.05, 4.69) is 6.92 Å². The summed E-state index contributed by atoms with van der Waals surface area (Å²) >= 11 is 1.34. The SMILES string of the molecule is COC(=O)c1sc(-c2ccccc2)cc1N(C(=O)C1CCC(C)CC1)C1CCN(C)C(=O)C1. The first-order valence-corrected chi connectivity index (χ1v) is 12.5. The van der Waals surface area contributed by atoms with Crippen LogP contribution < -0.4 is 4.90 Å². The number of benzene rings is 1. The number of nitrogens with zero attached hydrogens (tertiary/aromatic N) is 2. The molecule has 2 fully saturated rings. The highest BCUT2D eigenvalue weighted by atomic mass is 32.1. The van der Waals surface area contributed by atoms with Crippen molar-refractivity contribution in [2.75, 3.05) is 25.6 Å². The molecule has 1 atom stereocenters. The van der Waals surface area contributed by atoms with Gasteiger partial charge in [-0.05, 0) is 49.7 Å². The maximum atomic E-state index is 14.0. The Morgan fingerprint density at radius 3 is 2.42 bits per heavy atom. The number of methoxy groups -OCH3 is 1. The number of thiophene rings is 1. The number of hydrogen-bond acceptors (Lipinski definition) is 5. The van der Waals surface area contributed by atoms with Gasteiger partial charge in [-0.25, -0.2) is 4.79 Å². The Labute approximate surface area is 199 Å². The molecule has 1 unspecified atom stereocenters. The fourth-order valence-electron chi connectivity index (χ4n) is 4.89. The second-order valence-electron chi connectivity index (χ2n) is 9.31. The van der Waals surface area contributed by atoms with Crippen LogP contribution in [-0.4, -0.2) is 49.4 Å². The predicted octanol–water partition coefficient (Wildman–Crippen LogP) is 4.98. The fourth-order valence-corrected chi connectivity index (χ4v) is 5.96. The molecule has 1 aliphatic heterocycles. The van der Waals surface area contributed by atoms with E-state index < -0.39 is 5.97 Å². The summed E-state index contributed by atoms with van der Waals surface area (Å²) in [4.78, 5) is 44.1. The second-order valence-corrected chi connectivity index (χ2v) is 10.4. The number of amides is 2. The summed E-state index contributed by atoms with van der Waals surface area (Å²) < 4.78 is 5.10. The van der Waals surface area contributed by atoms with Crippen LogP contribution in [-0.2, 0) is 14.3 Å². The zero-order chi connectivity index (χ0) is 23.5. The minimum absolute atomic E-state index is 0.0273. The molecule has 2 aliphatic rings. The van der Waals surface area contributed by atoms with Gasteiger partial charge >= 0.3 is 5.97 Å². The number of hydrogen-bond donors (Lipinski definition) is 0. The highest BCUT2D eigenvalue weighted by molar-refractivity contribution is 7.18. The van der Waals surface area contributed by atoms with Crippen molar-refractivity contribution in [3.05, 3.63) is 41.3 Å². The minimum Gasteiger partial charge on any atom is -0.465 e. The molecule has 176 valence electrons. The average Bonchev–Trinajstić information content (AvgIpc) is 3.27. The van der Waals surface area contributed by atoms with E-state index in [1.165, 1.54) is 18.4 Å². The molecule has 7 heteroatoms. The van der Waals surface area contributed by atoms with Crippen LogP contribution >= 0.6 is 11.3 Å². The summed E-state index contributed by atoms with van der Waals surface area (Å²) in [5, 5.41) is 0. The maximum absolute atomic E-state index is 14.0. The molecule has 4 rings (SSSR count). The first-order chi connectivity index (χ1) is 15.9. The van der Waals surface area contributed by atoms with Gasteiger partial charge in [0.15, 0.2) is 0 Å². The van der Waals surface area contributed by atoms with Crippen LogP contribution in [0.5, 0.6) is 0 Å². The molecule has 2 amide bonds. The van der Waals surface area contributed by atoms with Gasteiger partial charge in [-0.15, -0.1) is 11.3 Å². The first-order valence-electron chi connectivity index (χ1n) is 11.7. The van der Waals surface area contributed by atoms with E-state index in [0.29, 0.717) is 29.4 Å². The van der Waals surface area contributed by atoms with E-state index in [1.807, 2.05) is 36.4 Å². The molecule has 1 aromatic carbocycles. The van der Waals surface area contributed by atoms with E-state index in [-0.39, 0.29) is 30.2 Å². The number of ether oxygens (including phenoxy) is 1. The van der Waals surface area contributed by atoms with Crippen LogP contribution in [0, 0.1) is 11.8 Å². The maximum Gasteiger partial charge on any atom is 0.350 e. The Bertz CT molecular complexity index is 1010. The third-order valence-corrected chi connectivity index (χ3v) is 8.16. The lowest BCUT2D eigenvalue weighted by Gasteiger charge is -2.39. The molecular formula is C26H32N2O4S. The molecule has 6 nitrogen and oxygen atoms in total. The third kappa shape index (κ3) is 4.98.